The number of fused-ring (bicyclic) bond motifs is 1. The van der Waals surface area contributed by atoms with Crippen molar-refractivity contribution in [3.05, 3.63) is 76.4 Å². The molecule has 1 aliphatic rings. The molecule has 2 aromatic heterocycles. The van der Waals surface area contributed by atoms with Crippen LogP contribution in [0.15, 0.2) is 65.5 Å². The first-order chi connectivity index (χ1) is 16.0. The topological polar surface area (TPSA) is 73.4 Å². The third-order valence-corrected chi connectivity index (χ3v) is 6.36. The Hall–Kier alpha value is -3.65. The van der Waals surface area contributed by atoms with Crippen molar-refractivity contribution in [1.82, 2.24) is 14.1 Å². The van der Waals surface area contributed by atoms with Crippen molar-refractivity contribution in [2.75, 3.05) is 11.9 Å². The van der Waals surface area contributed by atoms with Gasteiger partial charge in [0, 0.05) is 36.4 Å². The smallest absolute Gasteiger partial charge is 0.262 e. The number of imidazole rings is 1. The summed E-state index contributed by atoms with van der Waals surface area (Å²) in [6.07, 6.45) is 6.55. The average molecular weight is 460 g/mol. The molecule has 1 N–H and O–H groups in total. The lowest BCUT2D eigenvalue weighted by atomic mass is 10.1. The van der Waals surface area contributed by atoms with Gasteiger partial charge in [0.05, 0.1) is 23.4 Å². The first-order valence-electron chi connectivity index (χ1n) is 10.9. The van der Waals surface area contributed by atoms with E-state index in [4.69, 9.17) is 9.73 Å². The monoisotopic (exact) mass is 459 g/mol. The van der Waals surface area contributed by atoms with Crippen LogP contribution in [0.5, 0.6) is 5.75 Å². The molecule has 2 aromatic carbocycles. The number of ether oxygens (including phenoxy) is 1. The summed E-state index contributed by atoms with van der Waals surface area (Å²) in [6.45, 7) is 5.92. The van der Waals surface area contributed by atoms with Gasteiger partial charge in [-0.1, -0.05) is 6.07 Å². The van der Waals surface area contributed by atoms with Gasteiger partial charge in [-0.3, -0.25) is 4.79 Å². The van der Waals surface area contributed by atoms with E-state index in [-0.39, 0.29) is 12.5 Å². The quantitative estimate of drug-likeness (QED) is 0.455. The number of carbonyl (C=O) groups excluding carboxylic acids is 1. The zero-order chi connectivity index (χ0) is 22.8. The maximum atomic E-state index is 11.8. The highest BCUT2D eigenvalue weighted by Gasteiger charge is 2.18. The van der Waals surface area contributed by atoms with Crippen LogP contribution in [0.2, 0.25) is 0 Å². The van der Waals surface area contributed by atoms with E-state index in [1.165, 1.54) is 11.1 Å². The zero-order valence-corrected chi connectivity index (χ0v) is 19.4. The summed E-state index contributed by atoms with van der Waals surface area (Å²) in [5.74, 6) is 0.559. The lowest BCUT2D eigenvalue weighted by Gasteiger charge is -2.19. The number of carbonyl (C=O) groups is 1. The molecule has 0 bridgehead atoms. The molecule has 1 aliphatic heterocycles. The predicted octanol–water partition coefficient (Wildman–Crippen LogP) is 4.68. The first kappa shape index (κ1) is 21.2. The maximum Gasteiger partial charge on any atom is 0.262 e. The molecule has 5 rings (SSSR count). The van der Waals surface area contributed by atoms with Gasteiger partial charge < -0.3 is 19.2 Å². The van der Waals surface area contributed by atoms with Crippen LogP contribution in [-0.2, 0) is 17.9 Å². The van der Waals surface area contributed by atoms with E-state index >= 15 is 0 Å². The van der Waals surface area contributed by atoms with Crippen molar-refractivity contribution >= 4 is 28.6 Å². The molecule has 0 saturated heterocycles. The van der Waals surface area contributed by atoms with Gasteiger partial charge in [0.1, 0.15) is 5.75 Å². The Kier molecular flexibility index (Phi) is 5.83. The molecule has 0 saturated carbocycles. The molecular weight excluding hydrogens is 434 g/mol. The molecule has 3 heterocycles. The van der Waals surface area contributed by atoms with Crippen LogP contribution in [0.25, 0.3) is 11.3 Å². The Balaban J connectivity index is 1.54. The Morgan fingerprint density at radius 1 is 1.15 bits per heavy atom. The summed E-state index contributed by atoms with van der Waals surface area (Å²) < 4.78 is 9.87. The molecule has 0 radical (unpaired) electrons. The normalized spacial score (nSPS) is 13.5. The number of hydrogen-bond donors (Lipinski definition) is 1. The summed E-state index contributed by atoms with van der Waals surface area (Å²) in [5, 5.41) is 5.04. The standard InChI is InChI=1S/C25H25N5O2S/c1-17-10-18(2)12-20(11-17)27-25-30(8-3-7-29-9-6-26-16-29)22(15-33-25)19-4-5-23-21(13-19)28-24(31)14-32-23/h4-6,9-13,15-16H,3,7-8,14H2,1-2H3,(H,28,31). The minimum atomic E-state index is -0.135. The van der Waals surface area contributed by atoms with Gasteiger partial charge in [0.2, 0.25) is 0 Å². The van der Waals surface area contributed by atoms with E-state index in [2.05, 4.69) is 56.9 Å². The molecule has 0 fully saturated rings. The number of nitrogens with one attached hydrogen (secondary N) is 1. The molecule has 0 unspecified atom stereocenters. The van der Waals surface area contributed by atoms with E-state index in [1.54, 1.807) is 17.5 Å². The van der Waals surface area contributed by atoms with Crippen molar-refractivity contribution in [3.8, 4) is 17.0 Å². The molecule has 0 aliphatic carbocycles. The molecule has 0 atom stereocenters. The number of aromatic nitrogens is 3. The first-order valence-corrected chi connectivity index (χ1v) is 11.8. The Labute approximate surface area is 196 Å². The second-order valence-electron chi connectivity index (χ2n) is 8.21. The van der Waals surface area contributed by atoms with Crippen LogP contribution in [0.4, 0.5) is 11.4 Å². The number of hydrogen-bond acceptors (Lipinski definition) is 5. The number of nitrogens with zero attached hydrogens (tertiary/aromatic N) is 4. The second-order valence-corrected chi connectivity index (χ2v) is 9.05. The summed E-state index contributed by atoms with van der Waals surface area (Å²) >= 11 is 1.62. The lowest BCUT2D eigenvalue weighted by Crippen LogP contribution is -2.25. The lowest BCUT2D eigenvalue weighted by molar-refractivity contribution is -0.118. The van der Waals surface area contributed by atoms with E-state index in [0.717, 1.165) is 41.3 Å². The number of thiazole rings is 1. The fraction of sp³-hybridized carbons (Fsp3) is 0.240. The van der Waals surface area contributed by atoms with Gasteiger partial charge in [0.25, 0.3) is 5.91 Å². The minimum absolute atomic E-state index is 0.0536. The molecule has 8 heteroatoms. The van der Waals surface area contributed by atoms with Gasteiger partial charge in [-0.2, -0.15) is 0 Å². The molecule has 4 aromatic rings. The number of aryl methyl sites for hydroxylation is 3. The van der Waals surface area contributed by atoms with Gasteiger partial charge in [-0.05, 0) is 61.7 Å². The van der Waals surface area contributed by atoms with Crippen molar-refractivity contribution < 1.29 is 9.53 Å². The number of rotatable bonds is 6. The van der Waals surface area contributed by atoms with Gasteiger partial charge in [-0.25, -0.2) is 9.98 Å². The highest BCUT2D eigenvalue weighted by atomic mass is 32.1. The third kappa shape index (κ3) is 4.75. The number of benzene rings is 2. The summed E-state index contributed by atoms with van der Waals surface area (Å²) in [6, 6.07) is 12.3. The fourth-order valence-electron chi connectivity index (χ4n) is 4.06. The SMILES string of the molecule is Cc1cc(C)cc(N=c2scc(-c3ccc4c(c3)NC(=O)CO4)n2CCCn2ccnc2)c1. The highest BCUT2D eigenvalue weighted by molar-refractivity contribution is 7.07. The molecule has 0 spiro atoms. The van der Waals surface area contributed by atoms with Gasteiger partial charge >= 0.3 is 0 Å². The summed E-state index contributed by atoms with van der Waals surface area (Å²) in [7, 11) is 0. The number of amides is 1. The van der Waals surface area contributed by atoms with Crippen LogP contribution in [0, 0.1) is 13.8 Å². The average Bonchev–Trinajstić information content (AvgIpc) is 3.43. The largest absolute Gasteiger partial charge is 0.482 e. The van der Waals surface area contributed by atoms with Crippen molar-refractivity contribution in [2.24, 2.45) is 4.99 Å². The Morgan fingerprint density at radius 2 is 2.00 bits per heavy atom. The molecule has 7 nitrogen and oxygen atoms in total. The van der Waals surface area contributed by atoms with Crippen LogP contribution >= 0.6 is 11.3 Å². The molecule has 1 amide bonds. The summed E-state index contributed by atoms with van der Waals surface area (Å²) in [4.78, 5) is 21.9. The Bertz CT molecular complexity index is 1350. The Morgan fingerprint density at radius 3 is 2.79 bits per heavy atom. The van der Waals surface area contributed by atoms with Gasteiger partial charge in [0.15, 0.2) is 11.4 Å². The highest BCUT2D eigenvalue weighted by Crippen LogP contribution is 2.33. The van der Waals surface area contributed by atoms with E-state index in [9.17, 15) is 4.79 Å². The number of anilines is 1. The van der Waals surface area contributed by atoms with Crippen LogP contribution < -0.4 is 14.9 Å². The van der Waals surface area contributed by atoms with Crippen molar-refractivity contribution in [1.29, 1.82) is 0 Å². The van der Waals surface area contributed by atoms with Crippen LogP contribution in [-0.4, -0.2) is 26.6 Å². The fourth-order valence-corrected chi connectivity index (χ4v) is 5.02. The summed E-state index contributed by atoms with van der Waals surface area (Å²) in [5.41, 5.74) is 6.13. The molecule has 33 heavy (non-hydrogen) atoms. The van der Waals surface area contributed by atoms with Crippen molar-refractivity contribution in [2.45, 2.75) is 33.4 Å². The second kappa shape index (κ2) is 9.07. The van der Waals surface area contributed by atoms with Crippen LogP contribution in [0.3, 0.4) is 0 Å². The molecular formula is C25H25N5O2S. The van der Waals surface area contributed by atoms with Gasteiger partial charge in [-0.15, -0.1) is 11.3 Å². The van der Waals surface area contributed by atoms with E-state index in [0.29, 0.717) is 11.4 Å². The maximum absolute atomic E-state index is 11.8. The van der Waals surface area contributed by atoms with E-state index < -0.39 is 0 Å². The minimum Gasteiger partial charge on any atom is -0.482 e. The zero-order valence-electron chi connectivity index (χ0n) is 18.6. The van der Waals surface area contributed by atoms with Crippen molar-refractivity contribution in [3.63, 3.8) is 0 Å². The predicted molar refractivity (Wildman–Crippen MR) is 130 cm³/mol. The van der Waals surface area contributed by atoms with Crippen LogP contribution in [0.1, 0.15) is 17.5 Å². The van der Waals surface area contributed by atoms with E-state index in [1.807, 2.05) is 30.7 Å². The third-order valence-electron chi connectivity index (χ3n) is 5.49. The molecule has 168 valence electrons.